The Labute approximate surface area is 291 Å². The van der Waals surface area contributed by atoms with Gasteiger partial charge >= 0.3 is 24.5 Å². The van der Waals surface area contributed by atoms with Gasteiger partial charge < -0.3 is 15.2 Å². The van der Waals surface area contributed by atoms with Crippen molar-refractivity contribution in [3.8, 4) is 22.5 Å². The van der Waals surface area contributed by atoms with Crippen molar-refractivity contribution in [2.75, 3.05) is 0 Å². The van der Waals surface area contributed by atoms with E-state index in [0.29, 0.717) is 4.90 Å². The van der Waals surface area contributed by atoms with Crippen molar-refractivity contribution < 1.29 is 54.2 Å². The molecule has 280 valence electrons. The maximum atomic E-state index is 14.5. The van der Waals surface area contributed by atoms with E-state index in [1.54, 1.807) is 41.5 Å². The van der Waals surface area contributed by atoms with Gasteiger partial charge in [-0.2, -0.15) is 26.3 Å². The Balaban J connectivity index is 0.000000323. The number of halogens is 8. The molecule has 4 aromatic rings. The first-order chi connectivity index (χ1) is 23.9. The highest BCUT2D eigenvalue weighted by Crippen LogP contribution is 2.29. The van der Waals surface area contributed by atoms with Crippen LogP contribution in [-0.2, 0) is 34.9 Å². The van der Waals surface area contributed by atoms with Gasteiger partial charge in [0.05, 0.1) is 30.3 Å². The number of amides is 2. The van der Waals surface area contributed by atoms with Crippen molar-refractivity contribution in [2.45, 2.75) is 78.2 Å². The van der Waals surface area contributed by atoms with Crippen molar-refractivity contribution in [3.63, 3.8) is 0 Å². The number of aromatic nitrogens is 6. The third kappa shape index (κ3) is 11.8. The highest BCUT2D eigenvalue weighted by molar-refractivity contribution is 5.88. The molecule has 52 heavy (non-hydrogen) atoms. The normalized spacial score (nSPS) is 12.1. The molecule has 2 N–H and O–H groups in total. The Bertz CT molecular complexity index is 1830. The number of pyridine rings is 2. The molecule has 0 radical (unpaired) electrons. The summed E-state index contributed by atoms with van der Waals surface area (Å²) in [7, 11) is 0. The average Bonchev–Trinajstić information content (AvgIpc) is 3.02. The molecule has 0 saturated heterocycles. The molecule has 0 spiro atoms. The van der Waals surface area contributed by atoms with Gasteiger partial charge in [0, 0.05) is 53.6 Å². The second-order valence-electron chi connectivity index (χ2n) is 12.7. The summed E-state index contributed by atoms with van der Waals surface area (Å²) in [6.45, 7) is 8.93. The lowest BCUT2D eigenvalue weighted by molar-refractivity contribution is -0.145. The molecule has 0 saturated carbocycles. The van der Waals surface area contributed by atoms with Crippen LogP contribution < -0.4 is 5.73 Å². The van der Waals surface area contributed by atoms with Gasteiger partial charge in [-0.05, 0) is 53.7 Å². The monoisotopic (exact) mass is 744 g/mol. The van der Waals surface area contributed by atoms with Crippen molar-refractivity contribution >= 4 is 12.2 Å². The fraction of sp³-hybridized carbons (Fsp3) is 0.375. The van der Waals surface area contributed by atoms with Gasteiger partial charge in [0.1, 0.15) is 22.8 Å². The van der Waals surface area contributed by atoms with E-state index < -0.39 is 65.6 Å². The first-order valence-electron chi connectivity index (χ1n) is 14.9. The zero-order valence-corrected chi connectivity index (χ0v) is 28.4. The fourth-order valence-electron chi connectivity index (χ4n) is 3.78. The lowest BCUT2D eigenvalue weighted by atomic mass is 10.1. The molecule has 0 aliphatic rings. The number of hydrogen-bond acceptors (Lipinski definition) is 11. The Morgan fingerprint density at radius 3 is 1.29 bits per heavy atom. The largest absolute Gasteiger partial charge is 0.451 e. The molecule has 0 aliphatic carbocycles. The Morgan fingerprint density at radius 2 is 0.962 bits per heavy atom. The van der Waals surface area contributed by atoms with Crippen LogP contribution in [0.5, 0.6) is 0 Å². The molecular formula is C32H32F8N8O4. The summed E-state index contributed by atoms with van der Waals surface area (Å²) in [5.74, 6) is -4.00. The van der Waals surface area contributed by atoms with Gasteiger partial charge in [-0.1, -0.05) is 0 Å². The molecule has 0 aromatic carbocycles. The standard InChI is InChI=1S/C21H24F4N4O4.C11H8F4N4/c1-19(2,3)32-17(30)29(18(31)33-20(4,5)6)11-12-7-15(26-10-14(12)22)13-8-27-16(28-9-13)21(23,24)25;12-8-5-17-9(1-6(8)2-16)7-3-18-10(19-4-7)11(13,14)15/h7-10H,11H2,1-6H3;1,3-5H,2,16H2. The van der Waals surface area contributed by atoms with E-state index in [9.17, 15) is 44.7 Å². The Kier molecular flexibility index (Phi) is 12.5. The van der Waals surface area contributed by atoms with E-state index in [2.05, 4.69) is 29.9 Å². The number of carbonyl (C=O) groups is 2. The molecule has 0 aliphatic heterocycles. The van der Waals surface area contributed by atoms with Crippen LogP contribution in [0, 0.1) is 11.6 Å². The molecule has 20 heteroatoms. The van der Waals surface area contributed by atoms with Crippen LogP contribution in [0.3, 0.4) is 0 Å². The topological polar surface area (TPSA) is 159 Å². The van der Waals surface area contributed by atoms with E-state index >= 15 is 0 Å². The predicted octanol–water partition coefficient (Wildman–Crippen LogP) is 7.52. The summed E-state index contributed by atoms with van der Waals surface area (Å²) in [6.07, 6.45) is -5.94. The molecule has 0 fully saturated rings. The number of hydrogen-bond donors (Lipinski definition) is 1. The quantitative estimate of drug-likeness (QED) is 0.201. The van der Waals surface area contributed by atoms with E-state index in [-0.39, 0.29) is 40.2 Å². The predicted molar refractivity (Wildman–Crippen MR) is 166 cm³/mol. The first-order valence-corrected chi connectivity index (χ1v) is 14.9. The minimum absolute atomic E-state index is 0.0356. The smallest absolute Gasteiger partial charge is 0.443 e. The van der Waals surface area contributed by atoms with E-state index in [1.165, 1.54) is 12.1 Å². The van der Waals surface area contributed by atoms with Crippen molar-refractivity contribution in [2.24, 2.45) is 5.73 Å². The van der Waals surface area contributed by atoms with Crippen LogP contribution >= 0.6 is 0 Å². The van der Waals surface area contributed by atoms with Crippen molar-refractivity contribution in [1.82, 2.24) is 34.8 Å². The Hall–Kier alpha value is -5.40. The van der Waals surface area contributed by atoms with Gasteiger partial charge in [0.25, 0.3) is 0 Å². The van der Waals surface area contributed by atoms with Crippen LogP contribution in [0.1, 0.15) is 64.3 Å². The molecular weight excluding hydrogens is 712 g/mol. The van der Waals surface area contributed by atoms with Crippen LogP contribution in [0.4, 0.5) is 44.7 Å². The van der Waals surface area contributed by atoms with E-state index in [4.69, 9.17) is 15.2 Å². The molecule has 2 amide bonds. The second-order valence-corrected chi connectivity index (χ2v) is 12.7. The van der Waals surface area contributed by atoms with Crippen molar-refractivity contribution in [3.05, 3.63) is 83.7 Å². The lowest BCUT2D eigenvalue weighted by Crippen LogP contribution is -2.43. The summed E-state index contributed by atoms with van der Waals surface area (Å²) >= 11 is 0. The number of rotatable bonds is 5. The Morgan fingerprint density at radius 1 is 0.615 bits per heavy atom. The number of nitrogens with zero attached hydrogens (tertiary/aromatic N) is 7. The van der Waals surface area contributed by atoms with E-state index in [1.807, 2.05) is 0 Å². The zero-order valence-electron chi connectivity index (χ0n) is 28.4. The number of imide groups is 1. The van der Waals surface area contributed by atoms with Crippen molar-refractivity contribution in [1.29, 1.82) is 0 Å². The van der Waals surface area contributed by atoms with Gasteiger partial charge in [-0.25, -0.2) is 43.2 Å². The zero-order chi connectivity index (χ0) is 39.2. The highest BCUT2D eigenvalue weighted by Gasteiger charge is 2.36. The minimum atomic E-state index is -4.72. The van der Waals surface area contributed by atoms with Gasteiger partial charge in [0.2, 0.25) is 11.6 Å². The molecule has 0 bridgehead atoms. The molecule has 12 nitrogen and oxygen atoms in total. The third-order valence-electron chi connectivity index (χ3n) is 6.05. The minimum Gasteiger partial charge on any atom is -0.443 e. The van der Waals surface area contributed by atoms with Crippen LogP contribution in [0.15, 0.2) is 49.3 Å². The molecule has 4 rings (SSSR count). The summed E-state index contributed by atoms with van der Waals surface area (Å²) in [6, 6.07) is 2.52. The van der Waals surface area contributed by atoms with Gasteiger partial charge in [-0.3, -0.25) is 9.97 Å². The SMILES string of the molecule is CC(C)(C)OC(=O)N(Cc1cc(-c2cnc(C(F)(F)F)nc2)ncc1F)C(=O)OC(C)(C)C.NCc1cc(-c2cnc(C(F)(F)F)nc2)ncc1F. The molecule has 4 aromatic heterocycles. The van der Waals surface area contributed by atoms with Gasteiger partial charge in [-0.15, -0.1) is 0 Å². The molecule has 4 heterocycles. The fourth-order valence-corrected chi connectivity index (χ4v) is 3.78. The lowest BCUT2D eigenvalue weighted by Gasteiger charge is -2.28. The number of ether oxygens (including phenoxy) is 2. The maximum Gasteiger partial charge on any atom is 0.451 e. The number of carbonyl (C=O) groups excluding carboxylic acids is 2. The number of nitrogens with two attached hydrogens (primary N) is 1. The van der Waals surface area contributed by atoms with Gasteiger partial charge in [0.15, 0.2) is 0 Å². The van der Waals surface area contributed by atoms with Crippen LogP contribution in [-0.4, -0.2) is 58.2 Å². The van der Waals surface area contributed by atoms with Crippen LogP contribution in [0.2, 0.25) is 0 Å². The summed E-state index contributed by atoms with van der Waals surface area (Å²) in [5, 5.41) is 0. The average molecular weight is 745 g/mol. The van der Waals surface area contributed by atoms with E-state index in [0.717, 1.165) is 37.2 Å². The summed E-state index contributed by atoms with van der Waals surface area (Å²) in [4.78, 5) is 46.3. The number of alkyl halides is 6. The highest BCUT2D eigenvalue weighted by atomic mass is 19.4. The van der Waals surface area contributed by atoms with Crippen LogP contribution in [0.25, 0.3) is 22.5 Å². The molecule has 0 atom stereocenters. The maximum absolute atomic E-state index is 14.5. The molecule has 0 unspecified atom stereocenters. The second kappa shape index (κ2) is 15.9. The first kappa shape index (κ1) is 41.0. The summed E-state index contributed by atoms with van der Waals surface area (Å²) < 4.78 is 113. The third-order valence-corrected chi connectivity index (χ3v) is 6.05. The summed E-state index contributed by atoms with van der Waals surface area (Å²) in [5.41, 5.74) is 4.12.